The molecule has 8 heteroatoms. The molecule has 1 N–H and O–H groups in total. The third-order valence-corrected chi connectivity index (χ3v) is 6.94. The Bertz CT molecular complexity index is 1290. The van der Waals surface area contributed by atoms with Gasteiger partial charge in [-0.1, -0.05) is 30.3 Å². The molecule has 1 saturated heterocycles. The van der Waals surface area contributed by atoms with Gasteiger partial charge in [-0.25, -0.2) is 9.37 Å². The van der Waals surface area contributed by atoms with E-state index in [9.17, 15) is 18.8 Å². The van der Waals surface area contributed by atoms with Crippen LogP contribution in [-0.2, 0) is 18.3 Å². The third-order valence-electron chi connectivity index (χ3n) is 6.94. The molecular weight excluding hydrogens is 423 g/mol. The summed E-state index contributed by atoms with van der Waals surface area (Å²) in [7, 11) is 1.64. The molecule has 1 unspecified atom stereocenters. The van der Waals surface area contributed by atoms with E-state index in [1.54, 1.807) is 42.3 Å². The summed E-state index contributed by atoms with van der Waals surface area (Å²) in [5.74, 6) is -0.773. The van der Waals surface area contributed by atoms with Crippen LogP contribution >= 0.6 is 0 Å². The fraction of sp³-hybridized carbons (Fsp3) is 0.360. The number of para-hydroxylation sites is 2. The zero-order valence-corrected chi connectivity index (χ0v) is 18.3. The Balaban J connectivity index is 1.30. The van der Waals surface area contributed by atoms with Crippen LogP contribution in [0.1, 0.15) is 28.9 Å². The molecule has 0 radical (unpaired) electrons. The van der Waals surface area contributed by atoms with Gasteiger partial charge in [0.25, 0.3) is 11.5 Å². The maximum absolute atomic E-state index is 13.9. The Morgan fingerprint density at radius 2 is 1.73 bits per heavy atom. The van der Waals surface area contributed by atoms with Crippen LogP contribution in [-0.4, -0.2) is 45.4 Å². The van der Waals surface area contributed by atoms with Gasteiger partial charge in [0.2, 0.25) is 5.91 Å². The fourth-order valence-electron chi connectivity index (χ4n) is 5.24. The van der Waals surface area contributed by atoms with E-state index in [2.05, 4.69) is 10.3 Å². The van der Waals surface area contributed by atoms with E-state index in [1.807, 2.05) is 12.1 Å². The number of benzene rings is 2. The zero-order chi connectivity index (χ0) is 23.1. The van der Waals surface area contributed by atoms with Crippen molar-refractivity contribution in [2.45, 2.75) is 25.3 Å². The van der Waals surface area contributed by atoms with Gasteiger partial charge in [0.05, 0.1) is 17.5 Å². The summed E-state index contributed by atoms with van der Waals surface area (Å²) in [5, 5.41) is 3.08. The van der Waals surface area contributed by atoms with E-state index in [-0.39, 0.29) is 47.6 Å². The standard InChI is InChI=1S/C25H25FN4O3/c1-29-20-9-5-4-8-19(20)27-23(24(29)32)25(33)30-13-16-10-11-17(14-30)22(16)28-21(31)12-15-6-2-3-7-18(15)26/h2-9,16-17,22H,10-14H2,1H3,(H,28,31)/t16-,17+,22?. The highest BCUT2D eigenvalue weighted by Crippen LogP contribution is 2.37. The zero-order valence-electron chi connectivity index (χ0n) is 18.3. The molecule has 7 nitrogen and oxygen atoms in total. The molecule has 33 heavy (non-hydrogen) atoms. The first-order chi connectivity index (χ1) is 15.9. The van der Waals surface area contributed by atoms with Gasteiger partial charge in [-0.15, -0.1) is 0 Å². The van der Waals surface area contributed by atoms with Crippen molar-refractivity contribution in [3.05, 3.63) is 76.0 Å². The van der Waals surface area contributed by atoms with Crippen molar-refractivity contribution < 1.29 is 14.0 Å². The van der Waals surface area contributed by atoms with Gasteiger partial charge in [0, 0.05) is 26.2 Å². The highest BCUT2D eigenvalue weighted by Gasteiger charge is 2.44. The van der Waals surface area contributed by atoms with Crippen molar-refractivity contribution in [1.29, 1.82) is 0 Å². The molecule has 1 aliphatic carbocycles. The Kier molecular flexibility index (Phi) is 5.44. The number of rotatable bonds is 4. The molecule has 3 atom stereocenters. The highest BCUT2D eigenvalue weighted by molar-refractivity contribution is 5.94. The number of carbonyl (C=O) groups excluding carboxylic acids is 2. The first kappa shape index (κ1) is 21.3. The molecule has 1 aliphatic heterocycles. The van der Waals surface area contributed by atoms with Crippen LogP contribution in [0.5, 0.6) is 0 Å². The van der Waals surface area contributed by atoms with Crippen LogP contribution in [0.4, 0.5) is 4.39 Å². The van der Waals surface area contributed by atoms with Gasteiger partial charge in [0.1, 0.15) is 5.82 Å². The second-order valence-corrected chi connectivity index (χ2v) is 8.98. The SMILES string of the molecule is Cn1c(=O)c(C(=O)N2C[C@H]3CC[C@@H](C2)C3NC(=O)Cc2ccccc2F)nc2ccccc21. The fourth-order valence-corrected chi connectivity index (χ4v) is 5.24. The molecule has 2 amide bonds. The average molecular weight is 448 g/mol. The Labute approximate surface area is 190 Å². The van der Waals surface area contributed by atoms with Crippen molar-refractivity contribution in [2.75, 3.05) is 13.1 Å². The van der Waals surface area contributed by atoms with Crippen LogP contribution in [0.15, 0.2) is 53.3 Å². The van der Waals surface area contributed by atoms with E-state index < -0.39 is 5.56 Å². The summed E-state index contributed by atoms with van der Waals surface area (Å²) in [6.45, 7) is 0.912. The van der Waals surface area contributed by atoms with Gasteiger partial charge in [-0.05, 0) is 48.4 Å². The first-order valence-electron chi connectivity index (χ1n) is 11.2. The molecule has 2 aromatic carbocycles. The summed E-state index contributed by atoms with van der Waals surface area (Å²) < 4.78 is 15.4. The van der Waals surface area contributed by atoms with Crippen LogP contribution in [0.3, 0.4) is 0 Å². The molecule has 5 rings (SSSR count). The third kappa shape index (κ3) is 3.90. The second-order valence-electron chi connectivity index (χ2n) is 8.98. The molecule has 2 heterocycles. The molecule has 2 fully saturated rings. The summed E-state index contributed by atoms with van der Waals surface area (Å²) in [5.41, 5.74) is 1.16. The minimum atomic E-state index is -0.411. The van der Waals surface area contributed by atoms with E-state index in [1.165, 1.54) is 10.6 Å². The van der Waals surface area contributed by atoms with Gasteiger partial charge < -0.3 is 14.8 Å². The van der Waals surface area contributed by atoms with Gasteiger partial charge in [0.15, 0.2) is 5.69 Å². The maximum Gasteiger partial charge on any atom is 0.282 e. The van der Waals surface area contributed by atoms with E-state index in [0.29, 0.717) is 29.7 Å². The number of aromatic nitrogens is 2. The van der Waals surface area contributed by atoms with Crippen molar-refractivity contribution in [3.63, 3.8) is 0 Å². The average Bonchev–Trinajstić information content (AvgIpc) is 3.03. The monoisotopic (exact) mass is 448 g/mol. The summed E-state index contributed by atoms with van der Waals surface area (Å²) in [6.07, 6.45) is 1.77. The number of hydrogen-bond acceptors (Lipinski definition) is 4. The lowest BCUT2D eigenvalue weighted by molar-refractivity contribution is -0.122. The maximum atomic E-state index is 13.9. The molecule has 1 aromatic heterocycles. The number of aryl methyl sites for hydroxylation is 1. The normalized spacial score (nSPS) is 21.9. The molecule has 2 aliphatic rings. The number of likely N-dealkylation sites (tertiary alicyclic amines) is 1. The van der Waals surface area contributed by atoms with Crippen molar-refractivity contribution in [3.8, 4) is 0 Å². The number of nitrogens with zero attached hydrogens (tertiary/aromatic N) is 3. The van der Waals surface area contributed by atoms with E-state index in [4.69, 9.17) is 0 Å². The number of fused-ring (bicyclic) bond motifs is 3. The topological polar surface area (TPSA) is 84.3 Å². The minimum absolute atomic E-state index is 0.0116. The quantitative estimate of drug-likeness (QED) is 0.664. The summed E-state index contributed by atoms with van der Waals surface area (Å²) in [4.78, 5) is 44.7. The van der Waals surface area contributed by atoms with E-state index >= 15 is 0 Å². The number of carbonyl (C=O) groups is 2. The van der Waals surface area contributed by atoms with Crippen LogP contribution in [0.2, 0.25) is 0 Å². The number of amides is 2. The largest absolute Gasteiger partial charge is 0.352 e. The van der Waals surface area contributed by atoms with Crippen LogP contribution in [0.25, 0.3) is 11.0 Å². The minimum Gasteiger partial charge on any atom is -0.352 e. The Hall–Kier alpha value is -3.55. The molecule has 170 valence electrons. The summed E-state index contributed by atoms with van der Waals surface area (Å²) >= 11 is 0. The van der Waals surface area contributed by atoms with E-state index in [0.717, 1.165) is 12.8 Å². The molecule has 3 aromatic rings. The van der Waals surface area contributed by atoms with Crippen molar-refractivity contribution in [1.82, 2.24) is 19.8 Å². The van der Waals surface area contributed by atoms with Gasteiger partial charge in [-0.2, -0.15) is 0 Å². The van der Waals surface area contributed by atoms with Gasteiger partial charge in [-0.3, -0.25) is 14.4 Å². The number of halogens is 1. The van der Waals surface area contributed by atoms with Crippen molar-refractivity contribution in [2.24, 2.45) is 18.9 Å². The Morgan fingerprint density at radius 1 is 1.06 bits per heavy atom. The summed E-state index contributed by atoms with van der Waals surface area (Å²) in [6, 6.07) is 13.5. The molecule has 0 spiro atoms. The van der Waals surface area contributed by atoms with Crippen LogP contribution in [0, 0.1) is 17.7 Å². The van der Waals surface area contributed by atoms with Crippen LogP contribution < -0.4 is 10.9 Å². The number of piperidine rings is 1. The van der Waals surface area contributed by atoms with Gasteiger partial charge >= 0.3 is 0 Å². The molecular formula is C25H25FN4O3. The predicted molar refractivity (Wildman–Crippen MR) is 121 cm³/mol. The van der Waals surface area contributed by atoms with Crippen molar-refractivity contribution >= 4 is 22.8 Å². The first-order valence-corrected chi connectivity index (χ1v) is 11.2. The Morgan fingerprint density at radius 3 is 2.45 bits per heavy atom. The molecule has 2 bridgehead atoms. The lowest BCUT2D eigenvalue weighted by Gasteiger charge is -2.38. The molecule has 1 saturated carbocycles. The number of nitrogens with one attached hydrogen (secondary N) is 1. The lowest BCUT2D eigenvalue weighted by Crippen LogP contribution is -2.54. The highest BCUT2D eigenvalue weighted by atomic mass is 19.1. The number of hydrogen-bond donors (Lipinski definition) is 1. The smallest absolute Gasteiger partial charge is 0.282 e. The lowest BCUT2D eigenvalue weighted by atomic mass is 9.91. The second kappa shape index (κ2) is 8.42. The predicted octanol–water partition coefficient (Wildman–Crippen LogP) is 2.28.